The van der Waals surface area contributed by atoms with Gasteiger partial charge < -0.3 is 14.4 Å². The maximum Gasteiger partial charge on any atom is 0.228 e. The molecule has 166 valence electrons. The molecule has 1 saturated heterocycles. The molecular formula is C23H24FN5O3. The number of hydrogen-bond donors (Lipinski definition) is 0. The number of hydrogen-bond acceptors (Lipinski definition) is 6. The maximum atomic E-state index is 13.3. The van der Waals surface area contributed by atoms with Gasteiger partial charge in [-0.15, -0.1) is 5.10 Å². The van der Waals surface area contributed by atoms with Gasteiger partial charge in [0, 0.05) is 32.2 Å². The highest BCUT2D eigenvalue weighted by atomic mass is 19.1. The van der Waals surface area contributed by atoms with Crippen LogP contribution in [-0.2, 0) is 29.1 Å². The molecule has 4 heterocycles. The summed E-state index contributed by atoms with van der Waals surface area (Å²) in [4.78, 5) is 19.2. The summed E-state index contributed by atoms with van der Waals surface area (Å²) in [6, 6.07) is 9.87. The van der Waals surface area contributed by atoms with E-state index in [1.165, 1.54) is 12.1 Å². The van der Waals surface area contributed by atoms with Crippen molar-refractivity contribution in [2.24, 2.45) is 5.92 Å². The molecule has 0 N–H and O–H groups in total. The first kappa shape index (κ1) is 20.6. The quantitative estimate of drug-likeness (QED) is 0.610. The Kier molecular flexibility index (Phi) is 5.57. The number of aromatic nitrogens is 4. The van der Waals surface area contributed by atoms with Crippen LogP contribution >= 0.6 is 0 Å². The normalized spacial score (nSPS) is 17.9. The Labute approximate surface area is 185 Å². The number of halogens is 1. The van der Waals surface area contributed by atoms with E-state index in [0.717, 1.165) is 29.1 Å². The van der Waals surface area contributed by atoms with E-state index in [-0.39, 0.29) is 24.2 Å². The number of nitrogens with zero attached hydrogens (tertiary/aromatic N) is 5. The highest BCUT2D eigenvalue weighted by Gasteiger charge is 2.30. The van der Waals surface area contributed by atoms with Gasteiger partial charge in [0.1, 0.15) is 18.1 Å². The first-order chi connectivity index (χ1) is 15.6. The second-order valence-corrected chi connectivity index (χ2v) is 8.12. The van der Waals surface area contributed by atoms with E-state index in [1.54, 1.807) is 16.8 Å². The lowest BCUT2D eigenvalue weighted by Crippen LogP contribution is -2.40. The Morgan fingerprint density at radius 3 is 2.88 bits per heavy atom. The topological polar surface area (TPSA) is 82.4 Å². The van der Waals surface area contributed by atoms with Crippen molar-refractivity contribution in [3.05, 3.63) is 64.9 Å². The molecule has 0 unspecified atom stereocenters. The molecule has 1 aromatic carbocycles. The van der Waals surface area contributed by atoms with Crippen molar-refractivity contribution in [3.8, 4) is 11.6 Å². The molecule has 2 aliphatic rings. The van der Waals surface area contributed by atoms with Gasteiger partial charge in [-0.2, -0.15) is 0 Å². The largest absolute Gasteiger partial charge is 0.471 e. The second kappa shape index (κ2) is 8.66. The summed E-state index contributed by atoms with van der Waals surface area (Å²) in [6.07, 6.45) is 1.50. The molecule has 0 aliphatic carbocycles. The zero-order valence-electron chi connectivity index (χ0n) is 17.8. The number of benzene rings is 1. The van der Waals surface area contributed by atoms with E-state index in [4.69, 9.17) is 9.47 Å². The first-order valence-electron chi connectivity index (χ1n) is 10.7. The molecule has 3 aromatic rings. The molecule has 2 aliphatic heterocycles. The lowest BCUT2D eigenvalue weighted by molar-refractivity contribution is -0.136. The monoisotopic (exact) mass is 437 g/mol. The van der Waals surface area contributed by atoms with Gasteiger partial charge in [-0.05, 0) is 43.2 Å². The van der Waals surface area contributed by atoms with Crippen molar-refractivity contribution in [2.75, 3.05) is 19.8 Å². The summed E-state index contributed by atoms with van der Waals surface area (Å²) >= 11 is 0. The third-order valence-corrected chi connectivity index (χ3v) is 6.00. The molecule has 0 saturated carbocycles. The van der Waals surface area contributed by atoms with Gasteiger partial charge >= 0.3 is 0 Å². The molecule has 9 heteroatoms. The van der Waals surface area contributed by atoms with E-state index in [9.17, 15) is 9.18 Å². The Bertz CT molecular complexity index is 1130. The summed E-state index contributed by atoms with van der Waals surface area (Å²) in [5.41, 5.74) is 4.21. The van der Waals surface area contributed by atoms with Gasteiger partial charge in [-0.25, -0.2) is 14.1 Å². The van der Waals surface area contributed by atoms with Gasteiger partial charge in [-0.1, -0.05) is 11.3 Å². The van der Waals surface area contributed by atoms with Gasteiger partial charge in [0.2, 0.25) is 11.8 Å². The van der Waals surface area contributed by atoms with Crippen LogP contribution in [0, 0.1) is 18.7 Å². The average Bonchev–Trinajstić information content (AvgIpc) is 3.47. The molecule has 1 fully saturated rings. The van der Waals surface area contributed by atoms with Crippen LogP contribution in [-0.4, -0.2) is 50.5 Å². The zero-order chi connectivity index (χ0) is 22.1. The molecule has 0 bridgehead atoms. The van der Waals surface area contributed by atoms with Crippen LogP contribution in [0.1, 0.15) is 29.1 Å². The third-order valence-electron chi connectivity index (χ3n) is 6.00. The molecule has 0 radical (unpaired) electrons. The Morgan fingerprint density at radius 2 is 2.09 bits per heavy atom. The van der Waals surface area contributed by atoms with Crippen LogP contribution in [0.15, 0.2) is 36.4 Å². The van der Waals surface area contributed by atoms with Gasteiger partial charge in [0.25, 0.3) is 0 Å². The summed E-state index contributed by atoms with van der Waals surface area (Å²) in [5.74, 6) is 0.359. The number of carbonyl (C=O) groups is 1. The van der Waals surface area contributed by atoms with Crippen LogP contribution in [0.5, 0.6) is 5.88 Å². The lowest BCUT2D eigenvalue weighted by atomic mass is 10.0. The van der Waals surface area contributed by atoms with E-state index < -0.39 is 0 Å². The van der Waals surface area contributed by atoms with Crippen molar-refractivity contribution in [2.45, 2.75) is 32.9 Å². The number of fused-ring (bicyclic) bond motifs is 1. The summed E-state index contributed by atoms with van der Waals surface area (Å²) < 4.78 is 26.2. The van der Waals surface area contributed by atoms with Gasteiger partial charge in [-0.3, -0.25) is 4.79 Å². The Hall–Kier alpha value is -3.33. The first-order valence-corrected chi connectivity index (χ1v) is 10.7. The number of carbonyl (C=O) groups excluding carboxylic acids is 1. The standard InChI is InChI=1S/C23H24FN5O3/c1-15-21(29(27-26-15)19-5-3-18(24)4-6-19)14-32-22-7-2-16-12-28(10-8-20(16)25-22)23(30)17-9-11-31-13-17/h2-7,17H,8-14H2,1H3/t17-/m1/s1. The van der Waals surface area contributed by atoms with E-state index in [1.807, 2.05) is 24.0 Å². The Morgan fingerprint density at radius 1 is 1.25 bits per heavy atom. The minimum absolute atomic E-state index is 0.0186. The minimum Gasteiger partial charge on any atom is -0.471 e. The number of rotatable bonds is 5. The van der Waals surface area contributed by atoms with E-state index >= 15 is 0 Å². The second-order valence-electron chi connectivity index (χ2n) is 8.12. The van der Waals surface area contributed by atoms with Crippen LogP contribution in [0.25, 0.3) is 5.69 Å². The third kappa shape index (κ3) is 4.08. The molecule has 32 heavy (non-hydrogen) atoms. The maximum absolute atomic E-state index is 13.3. The summed E-state index contributed by atoms with van der Waals surface area (Å²) in [7, 11) is 0. The fourth-order valence-electron chi connectivity index (χ4n) is 4.13. The fraction of sp³-hybridized carbons (Fsp3) is 0.391. The van der Waals surface area contributed by atoms with Crippen molar-refractivity contribution < 1.29 is 18.7 Å². The predicted octanol–water partition coefficient (Wildman–Crippen LogP) is 2.61. The van der Waals surface area contributed by atoms with E-state index in [0.29, 0.717) is 44.3 Å². The van der Waals surface area contributed by atoms with Crippen molar-refractivity contribution >= 4 is 5.91 Å². The fourth-order valence-corrected chi connectivity index (χ4v) is 4.13. The number of ether oxygens (including phenoxy) is 2. The lowest BCUT2D eigenvalue weighted by Gasteiger charge is -2.30. The molecule has 2 aromatic heterocycles. The van der Waals surface area contributed by atoms with Gasteiger partial charge in [0.15, 0.2) is 0 Å². The van der Waals surface area contributed by atoms with E-state index in [2.05, 4.69) is 15.3 Å². The molecule has 1 amide bonds. The molecule has 0 spiro atoms. The summed E-state index contributed by atoms with van der Waals surface area (Å²) in [5, 5.41) is 8.28. The average molecular weight is 437 g/mol. The molecule has 1 atom stereocenters. The van der Waals surface area contributed by atoms with Crippen molar-refractivity contribution in [1.29, 1.82) is 0 Å². The predicted molar refractivity (Wildman–Crippen MR) is 113 cm³/mol. The van der Waals surface area contributed by atoms with Crippen LogP contribution < -0.4 is 4.74 Å². The van der Waals surface area contributed by atoms with Crippen molar-refractivity contribution in [1.82, 2.24) is 24.9 Å². The summed E-state index contributed by atoms with van der Waals surface area (Å²) in [6.45, 7) is 4.49. The molecular weight excluding hydrogens is 413 g/mol. The van der Waals surface area contributed by atoms with Crippen LogP contribution in [0.2, 0.25) is 0 Å². The van der Waals surface area contributed by atoms with Gasteiger partial charge in [0.05, 0.1) is 29.6 Å². The molecule has 5 rings (SSSR count). The highest BCUT2D eigenvalue weighted by Crippen LogP contribution is 2.24. The van der Waals surface area contributed by atoms with Crippen LogP contribution in [0.3, 0.4) is 0 Å². The number of aryl methyl sites for hydroxylation is 1. The smallest absolute Gasteiger partial charge is 0.228 e. The Balaban J connectivity index is 1.27. The minimum atomic E-state index is -0.307. The highest BCUT2D eigenvalue weighted by molar-refractivity contribution is 5.79. The zero-order valence-corrected chi connectivity index (χ0v) is 17.8. The number of amides is 1. The van der Waals surface area contributed by atoms with Crippen molar-refractivity contribution in [3.63, 3.8) is 0 Å². The SMILES string of the molecule is Cc1nnn(-c2ccc(F)cc2)c1COc1ccc2c(n1)CCN(C(=O)[C@@H]1CCOC1)C2. The van der Waals surface area contributed by atoms with Crippen LogP contribution in [0.4, 0.5) is 4.39 Å². The number of pyridine rings is 1. The molecule has 8 nitrogen and oxygen atoms in total.